The Morgan fingerprint density at radius 1 is 1.04 bits per heavy atom. The minimum absolute atomic E-state index is 0.0659. The fraction of sp³-hybridized carbons (Fsp3) is 0.667. The maximum Gasteiger partial charge on any atom is 0.329 e. The van der Waals surface area contributed by atoms with Gasteiger partial charge in [0.15, 0.2) is 0 Å². The summed E-state index contributed by atoms with van der Waals surface area (Å²) in [6, 6.07) is -2.36. The number of nitrogens with one attached hydrogen (secondary N) is 2. The number of thioether (sulfide) groups is 1. The largest absolute Gasteiger partial charge is 0.467 e. The van der Waals surface area contributed by atoms with Crippen LogP contribution in [-0.4, -0.2) is 77.7 Å². The zero-order valence-corrected chi connectivity index (χ0v) is 15.6. The van der Waals surface area contributed by atoms with E-state index in [4.69, 9.17) is 0 Å². The first-order chi connectivity index (χ1) is 13.1. The molecule has 0 saturated heterocycles. The number of rotatable bonds is 14. The van der Waals surface area contributed by atoms with Crippen molar-refractivity contribution in [3.63, 3.8) is 0 Å². The van der Waals surface area contributed by atoms with Gasteiger partial charge in [-0.1, -0.05) is 0 Å². The number of amides is 2. The smallest absolute Gasteiger partial charge is 0.329 e. The Morgan fingerprint density at radius 3 is 2.00 bits per heavy atom. The molecule has 0 spiro atoms. The van der Waals surface area contributed by atoms with E-state index in [9.17, 15) is 39.4 Å². The van der Waals surface area contributed by atoms with Crippen LogP contribution in [0.4, 0.5) is 0 Å². The van der Waals surface area contributed by atoms with Gasteiger partial charge in [-0.15, -0.1) is 20.2 Å². The van der Waals surface area contributed by atoms with Crippen molar-refractivity contribution in [2.45, 2.75) is 19.0 Å². The molecule has 0 aliphatic heterocycles. The Bertz CT molecular complexity index is 596. The summed E-state index contributed by atoms with van der Waals surface area (Å²) in [4.78, 5) is 74.5. The van der Waals surface area contributed by atoms with Crippen LogP contribution in [0.15, 0.2) is 0 Å². The minimum Gasteiger partial charge on any atom is -0.467 e. The van der Waals surface area contributed by atoms with Crippen molar-refractivity contribution in [3.8, 4) is 0 Å². The Morgan fingerprint density at radius 2 is 1.57 bits per heavy atom. The highest BCUT2D eigenvalue weighted by Gasteiger charge is 2.23. The van der Waals surface area contributed by atoms with E-state index >= 15 is 0 Å². The van der Waals surface area contributed by atoms with Crippen LogP contribution < -0.4 is 10.6 Å². The maximum atomic E-state index is 11.8. The van der Waals surface area contributed by atoms with Gasteiger partial charge < -0.3 is 25.0 Å². The van der Waals surface area contributed by atoms with Gasteiger partial charge in [-0.25, -0.2) is 4.79 Å². The summed E-state index contributed by atoms with van der Waals surface area (Å²) < 4.78 is 4.49. The molecule has 0 rings (SSSR count). The standard InChI is InChI=1S/C12H18N4O11S/c1-7(17)13-9(12(20)25-2)5-28-6-10(18)11(19)14-8(3-26-15(21)22)4-27-16(23)24/h8-9H,3-6H2,1-2H3,(H,13,17)(H,14,19)/t9-/m0/s1. The quantitative estimate of drug-likeness (QED) is 0.132. The van der Waals surface area contributed by atoms with Crippen molar-refractivity contribution in [3.05, 3.63) is 20.2 Å². The third kappa shape index (κ3) is 11.4. The summed E-state index contributed by atoms with van der Waals surface area (Å²) in [6.45, 7) is -0.376. The summed E-state index contributed by atoms with van der Waals surface area (Å²) in [5, 5.41) is 22.3. The van der Waals surface area contributed by atoms with Crippen LogP contribution in [0.2, 0.25) is 0 Å². The molecule has 16 heteroatoms. The van der Waals surface area contributed by atoms with Crippen molar-refractivity contribution in [2.24, 2.45) is 0 Å². The maximum absolute atomic E-state index is 11.8. The Hall–Kier alpha value is -3.17. The predicted octanol–water partition coefficient (Wildman–Crippen LogP) is -2.13. The average molecular weight is 426 g/mol. The van der Waals surface area contributed by atoms with Crippen LogP contribution in [0.3, 0.4) is 0 Å². The van der Waals surface area contributed by atoms with Crippen LogP contribution in [0.1, 0.15) is 6.92 Å². The molecule has 0 aliphatic carbocycles. The number of ketones is 1. The Kier molecular flexibility index (Phi) is 11.6. The summed E-state index contributed by atoms with van der Waals surface area (Å²) >= 11 is 0.842. The normalized spacial score (nSPS) is 11.1. The molecule has 0 aromatic rings. The molecular formula is C12H18N4O11S. The fourth-order valence-corrected chi connectivity index (χ4v) is 2.48. The average Bonchev–Trinajstić information content (AvgIpc) is 2.61. The number of methoxy groups -OCH3 is 1. The van der Waals surface area contributed by atoms with Crippen molar-refractivity contribution >= 4 is 35.3 Å². The summed E-state index contributed by atoms with van der Waals surface area (Å²) in [6.07, 6.45) is 0. The van der Waals surface area contributed by atoms with Gasteiger partial charge in [0.1, 0.15) is 19.3 Å². The van der Waals surface area contributed by atoms with E-state index in [0.717, 1.165) is 18.9 Å². The zero-order chi connectivity index (χ0) is 21.7. The second-order valence-electron chi connectivity index (χ2n) is 4.92. The predicted molar refractivity (Wildman–Crippen MR) is 89.8 cm³/mol. The molecule has 0 aromatic heterocycles. The van der Waals surface area contributed by atoms with Crippen molar-refractivity contribution in [1.82, 2.24) is 10.6 Å². The van der Waals surface area contributed by atoms with Crippen molar-refractivity contribution in [1.29, 1.82) is 0 Å². The molecule has 0 bridgehead atoms. The van der Waals surface area contributed by atoms with Crippen LogP contribution in [0.25, 0.3) is 0 Å². The third-order valence-electron chi connectivity index (χ3n) is 2.73. The van der Waals surface area contributed by atoms with Gasteiger partial charge in [-0.3, -0.25) is 14.4 Å². The lowest BCUT2D eigenvalue weighted by Crippen LogP contribution is -2.46. The molecule has 28 heavy (non-hydrogen) atoms. The lowest BCUT2D eigenvalue weighted by molar-refractivity contribution is -0.766. The highest BCUT2D eigenvalue weighted by molar-refractivity contribution is 8.00. The number of Topliss-reactive ketones (excluding diaryl/α,β-unsaturated/α-hetero) is 1. The van der Waals surface area contributed by atoms with Gasteiger partial charge >= 0.3 is 5.97 Å². The van der Waals surface area contributed by atoms with Gasteiger partial charge in [0, 0.05) is 12.7 Å². The van der Waals surface area contributed by atoms with E-state index in [1.807, 2.05) is 5.32 Å². The van der Waals surface area contributed by atoms with Crippen LogP contribution in [0, 0.1) is 20.2 Å². The monoisotopic (exact) mass is 426 g/mol. The van der Waals surface area contributed by atoms with E-state index < -0.39 is 64.8 Å². The summed E-state index contributed by atoms with van der Waals surface area (Å²) in [5.74, 6) is -3.89. The van der Waals surface area contributed by atoms with Gasteiger partial charge in [0.25, 0.3) is 16.1 Å². The van der Waals surface area contributed by atoms with E-state index in [1.54, 1.807) is 0 Å². The third-order valence-corrected chi connectivity index (χ3v) is 3.77. The lowest BCUT2D eigenvalue weighted by atomic mass is 10.3. The minimum atomic E-state index is -1.33. The molecule has 158 valence electrons. The molecule has 0 unspecified atom stereocenters. The van der Waals surface area contributed by atoms with Crippen LogP contribution in [-0.2, 0) is 33.6 Å². The Balaban J connectivity index is 4.60. The number of hydrogen-bond donors (Lipinski definition) is 2. The molecule has 15 nitrogen and oxygen atoms in total. The van der Waals surface area contributed by atoms with Gasteiger partial charge in [0.2, 0.25) is 11.7 Å². The molecule has 2 amide bonds. The SMILES string of the molecule is COC(=O)[C@H](CSCC(=O)C(=O)NC(CO[N+](=O)[O-])CO[N+](=O)[O-])NC(C)=O. The number of hydrogen-bond acceptors (Lipinski definition) is 12. The molecule has 0 aromatic carbocycles. The number of carbonyl (C=O) groups is 4. The summed E-state index contributed by atoms with van der Waals surface area (Å²) in [5.41, 5.74) is 0. The van der Waals surface area contributed by atoms with E-state index in [0.29, 0.717) is 0 Å². The number of ether oxygens (including phenoxy) is 1. The molecule has 0 aliphatic rings. The van der Waals surface area contributed by atoms with Crippen LogP contribution >= 0.6 is 11.8 Å². The van der Waals surface area contributed by atoms with E-state index in [1.165, 1.54) is 6.92 Å². The van der Waals surface area contributed by atoms with Gasteiger partial charge in [-0.2, -0.15) is 11.8 Å². The van der Waals surface area contributed by atoms with E-state index in [-0.39, 0.29) is 5.75 Å². The van der Waals surface area contributed by atoms with Crippen LogP contribution in [0.5, 0.6) is 0 Å². The van der Waals surface area contributed by atoms with Crippen molar-refractivity contribution in [2.75, 3.05) is 31.8 Å². The number of esters is 1. The first-order valence-corrected chi connectivity index (χ1v) is 8.53. The van der Waals surface area contributed by atoms with Gasteiger partial charge in [-0.05, 0) is 0 Å². The summed E-state index contributed by atoms with van der Waals surface area (Å²) in [7, 11) is 1.11. The Labute approximate surface area is 161 Å². The number of nitrogens with zero attached hydrogens (tertiary/aromatic N) is 2. The zero-order valence-electron chi connectivity index (χ0n) is 14.8. The molecule has 0 heterocycles. The second kappa shape index (κ2) is 13.1. The molecule has 2 N–H and O–H groups in total. The molecule has 0 radical (unpaired) electrons. The van der Waals surface area contributed by atoms with Crippen molar-refractivity contribution < 1.29 is 43.8 Å². The molecule has 1 atom stereocenters. The topological polar surface area (TPSA) is 206 Å². The highest BCUT2D eigenvalue weighted by Crippen LogP contribution is 2.05. The molecule has 0 fully saturated rings. The molecular weight excluding hydrogens is 408 g/mol. The fourth-order valence-electron chi connectivity index (χ4n) is 1.59. The highest BCUT2D eigenvalue weighted by atomic mass is 32.2. The first kappa shape index (κ1) is 24.8. The second-order valence-corrected chi connectivity index (χ2v) is 5.95. The lowest BCUT2D eigenvalue weighted by Gasteiger charge is -2.16. The first-order valence-electron chi connectivity index (χ1n) is 7.37. The van der Waals surface area contributed by atoms with Gasteiger partial charge in [0.05, 0.1) is 18.9 Å². The van der Waals surface area contributed by atoms with E-state index in [2.05, 4.69) is 19.7 Å². The molecule has 0 saturated carbocycles. The number of carbonyl (C=O) groups excluding carboxylic acids is 4.